The van der Waals surface area contributed by atoms with Crippen LogP contribution in [0.5, 0.6) is 11.5 Å². The second-order valence-electron chi connectivity index (χ2n) is 6.26. The lowest BCUT2D eigenvalue weighted by Gasteiger charge is -2.35. The van der Waals surface area contributed by atoms with Crippen LogP contribution in [0.1, 0.15) is 19.4 Å². The summed E-state index contributed by atoms with van der Waals surface area (Å²) in [4.78, 5) is 14.1. The van der Waals surface area contributed by atoms with Crippen LogP contribution < -0.4 is 9.47 Å². The smallest absolute Gasteiger partial charge is 0.282 e. The van der Waals surface area contributed by atoms with Crippen molar-refractivity contribution in [2.24, 2.45) is 0 Å². The van der Waals surface area contributed by atoms with Crippen LogP contribution in [-0.4, -0.2) is 73.9 Å². The third kappa shape index (κ3) is 4.26. The van der Waals surface area contributed by atoms with Gasteiger partial charge in [0.1, 0.15) is 0 Å². The zero-order valence-electron chi connectivity index (χ0n) is 15.6. The molecule has 0 bridgehead atoms. The first-order valence-electron chi connectivity index (χ1n) is 9.07. The Hall–Kier alpha value is -2.10. The van der Waals surface area contributed by atoms with Gasteiger partial charge in [-0.05, 0) is 23.8 Å². The van der Waals surface area contributed by atoms with Gasteiger partial charge in [-0.15, -0.1) is 0 Å². The maximum atomic E-state index is 12.5. The summed E-state index contributed by atoms with van der Waals surface area (Å²) in [6.07, 6.45) is 3.23. The van der Waals surface area contributed by atoms with Gasteiger partial charge in [-0.25, -0.2) is 0 Å². The highest BCUT2D eigenvalue weighted by atomic mass is 32.2. The minimum Gasteiger partial charge on any atom is -0.454 e. The Kier molecular flexibility index (Phi) is 6.03. The Bertz CT molecular complexity index is 812. The molecule has 0 unspecified atom stereocenters. The van der Waals surface area contributed by atoms with Gasteiger partial charge in [0.15, 0.2) is 11.5 Å². The minimum atomic E-state index is -3.45. The number of piperazine rings is 1. The van der Waals surface area contributed by atoms with Crippen LogP contribution >= 0.6 is 0 Å². The Balaban J connectivity index is 1.57. The molecule has 0 saturated carbocycles. The van der Waals surface area contributed by atoms with E-state index in [2.05, 4.69) is 0 Å². The fourth-order valence-electron chi connectivity index (χ4n) is 3.14. The van der Waals surface area contributed by atoms with Crippen molar-refractivity contribution in [2.45, 2.75) is 13.8 Å². The van der Waals surface area contributed by atoms with E-state index in [0.29, 0.717) is 50.8 Å². The van der Waals surface area contributed by atoms with Gasteiger partial charge >= 0.3 is 0 Å². The van der Waals surface area contributed by atoms with Crippen molar-refractivity contribution in [3.05, 3.63) is 29.8 Å². The average molecular weight is 395 g/mol. The van der Waals surface area contributed by atoms with Crippen LogP contribution in [0.2, 0.25) is 0 Å². The number of benzene rings is 1. The molecule has 1 saturated heterocycles. The van der Waals surface area contributed by atoms with Crippen LogP contribution in [0.25, 0.3) is 6.08 Å². The summed E-state index contributed by atoms with van der Waals surface area (Å²) < 4.78 is 38.6. The van der Waals surface area contributed by atoms with Crippen LogP contribution in [0.3, 0.4) is 0 Å². The number of ether oxygens (including phenoxy) is 2. The summed E-state index contributed by atoms with van der Waals surface area (Å²) in [6.45, 7) is 6.11. The van der Waals surface area contributed by atoms with E-state index in [1.807, 2.05) is 32.0 Å². The first kappa shape index (κ1) is 19.7. The highest BCUT2D eigenvalue weighted by Gasteiger charge is 2.31. The van der Waals surface area contributed by atoms with Crippen molar-refractivity contribution >= 4 is 22.2 Å². The predicted octanol–water partition coefficient (Wildman–Crippen LogP) is 1.16. The van der Waals surface area contributed by atoms with E-state index in [1.165, 1.54) is 14.7 Å². The number of carbonyl (C=O) groups excluding carboxylic acids is 1. The number of nitrogens with zero attached hydrogens (tertiary/aromatic N) is 3. The summed E-state index contributed by atoms with van der Waals surface area (Å²) in [5.74, 6) is 1.23. The maximum absolute atomic E-state index is 12.5. The summed E-state index contributed by atoms with van der Waals surface area (Å²) >= 11 is 0. The molecule has 148 valence electrons. The Morgan fingerprint density at radius 3 is 2.44 bits per heavy atom. The van der Waals surface area contributed by atoms with Gasteiger partial charge in [0, 0.05) is 45.3 Å². The number of fused-ring (bicyclic) bond motifs is 1. The van der Waals surface area contributed by atoms with Crippen molar-refractivity contribution in [1.82, 2.24) is 13.5 Å². The molecule has 0 N–H and O–H groups in total. The number of rotatable bonds is 6. The second-order valence-corrected chi connectivity index (χ2v) is 8.19. The van der Waals surface area contributed by atoms with E-state index < -0.39 is 10.2 Å². The van der Waals surface area contributed by atoms with E-state index in [0.717, 1.165) is 5.56 Å². The van der Waals surface area contributed by atoms with Gasteiger partial charge in [0.25, 0.3) is 10.2 Å². The Morgan fingerprint density at radius 1 is 1.11 bits per heavy atom. The van der Waals surface area contributed by atoms with Crippen LogP contribution in [0.15, 0.2) is 24.3 Å². The quantitative estimate of drug-likeness (QED) is 0.676. The lowest BCUT2D eigenvalue weighted by molar-refractivity contribution is -0.127. The molecular weight excluding hydrogens is 370 g/mol. The summed E-state index contributed by atoms with van der Waals surface area (Å²) in [7, 11) is -3.45. The third-order valence-corrected chi connectivity index (χ3v) is 6.91. The first-order chi connectivity index (χ1) is 13.0. The van der Waals surface area contributed by atoms with Crippen LogP contribution in [0.4, 0.5) is 0 Å². The van der Waals surface area contributed by atoms with E-state index in [4.69, 9.17) is 9.47 Å². The fourth-order valence-corrected chi connectivity index (χ4v) is 4.75. The van der Waals surface area contributed by atoms with Crippen LogP contribution in [0, 0.1) is 0 Å². The molecule has 8 nitrogen and oxygen atoms in total. The fraction of sp³-hybridized carbons (Fsp3) is 0.500. The number of amides is 1. The molecule has 0 aromatic heterocycles. The first-order valence-corrected chi connectivity index (χ1v) is 10.5. The second kappa shape index (κ2) is 8.28. The molecule has 0 spiro atoms. The molecule has 2 aliphatic heterocycles. The molecule has 0 radical (unpaired) electrons. The lowest BCUT2D eigenvalue weighted by atomic mass is 10.2. The summed E-state index contributed by atoms with van der Waals surface area (Å²) in [5.41, 5.74) is 0.843. The molecule has 2 heterocycles. The Labute approximate surface area is 160 Å². The normalized spacial score (nSPS) is 17.8. The maximum Gasteiger partial charge on any atom is 0.282 e. The summed E-state index contributed by atoms with van der Waals surface area (Å²) in [5, 5.41) is 0. The largest absolute Gasteiger partial charge is 0.454 e. The van der Waals surface area contributed by atoms with E-state index in [9.17, 15) is 13.2 Å². The predicted molar refractivity (Wildman–Crippen MR) is 102 cm³/mol. The van der Waals surface area contributed by atoms with Crippen LogP contribution in [-0.2, 0) is 15.0 Å². The van der Waals surface area contributed by atoms with Crippen molar-refractivity contribution < 1.29 is 22.7 Å². The Morgan fingerprint density at radius 2 is 1.78 bits per heavy atom. The molecule has 1 amide bonds. The van der Waals surface area contributed by atoms with Gasteiger partial charge in [-0.2, -0.15) is 17.0 Å². The molecular formula is C18H25N3O5S. The molecule has 0 aliphatic carbocycles. The molecule has 0 atom stereocenters. The molecule has 1 aromatic carbocycles. The molecule has 27 heavy (non-hydrogen) atoms. The zero-order valence-corrected chi connectivity index (χ0v) is 16.4. The van der Waals surface area contributed by atoms with E-state index in [1.54, 1.807) is 11.0 Å². The van der Waals surface area contributed by atoms with Gasteiger partial charge in [-0.3, -0.25) is 4.79 Å². The molecule has 2 aliphatic rings. The molecule has 1 aromatic rings. The van der Waals surface area contributed by atoms with Gasteiger partial charge in [0.05, 0.1) is 0 Å². The SMILES string of the molecule is CCN(CC)S(=O)(=O)N1CCN(C(=O)/C=C/c2ccc3c(c2)OCO3)CC1. The minimum absolute atomic E-state index is 0.132. The summed E-state index contributed by atoms with van der Waals surface area (Å²) in [6, 6.07) is 5.48. The van der Waals surface area contributed by atoms with E-state index >= 15 is 0 Å². The lowest BCUT2D eigenvalue weighted by Crippen LogP contribution is -2.53. The zero-order chi connectivity index (χ0) is 19.4. The van der Waals surface area contributed by atoms with Gasteiger partial charge in [0.2, 0.25) is 12.7 Å². The van der Waals surface area contributed by atoms with Crippen molar-refractivity contribution in [3.63, 3.8) is 0 Å². The van der Waals surface area contributed by atoms with Crippen molar-refractivity contribution in [1.29, 1.82) is 0 Å². The monoisotopic (exact) mass is 395 g/mol. The molecule has 9 heteroatoms. The number of carbonyl (C=O) groups is 1. The molecule has 1 fully saturated rings. The van der Waals surface area contributed by atoms with Crippen molar-refractivity contribution in [3.8, 4) is 11.5 Å². The van der Waals surface area contributed by atoms with Crippen molar-refractivity contribution in [2.75, 3.05) is 46.1 Å². The number of hydrogen-bond donors (Lipinski definition) is 0. The topological polar surface area (TPSA) is 79.4 Å². The van der Waals surface area contributed by atoms with E-state index in [-0.39, 0.29) is 12.7 Å². The highest BCUT2D eigenvalue weighted by molar-refractivity contribution is 7.86. The number of hydrogen-bond acceptors (Lipinski definition) is 5. The standard InChI is InChI=1S/C18H25N3O5S/c1-3-20(4-2)27(23,24)21-11-9-19(10-12-21)18(22)8-6-15-5-7-16-17(13-15)26-14-25-16/h5-8,13H,3-4,9-12,14H2,1-2H3/b8-6+. The average Bonchev–Trinajstić information content (AvgIpc) is 3.14. The van der Waals surface area contributed by atoms with Gasteiger partial charge < -0.3 is 14.4 Å². The molecule has 3 rings (SSSR count). The highest BCUT2D eigenvalue weighted by Crippen LogP contribution is 2.32. The third-order valence-electron chi connectivity index (χ3n) is 4.72. The van der Waals surface area contributed by atoms with Gasteiger partial charge in [-0.1, -0.05) is 19.9 Å².